The molecule has 7 nitrogen and oxygen atoms in total. The monoisotopic (exact) mass is 380 g/mol. The fourth-order valence-corrected chi connectivity index (χ4v) is 2.84. The summed E-state index contributed by atoms with van der Waals surface area (Å²) in [4.78, 5) is 24.4. The molecule has 0 aliphatic rings. The van der Waals surface area contributed by atoms with Gasteiger partial charge >= 0.3 is 5.69 Å². The minimum Gasteiger partial charge on any atom is -0.497 e. The van der Waals surface area contributed by atoms with Crippen LogP contribution in [0.3, 0.4) is 0 Å². The number of nitrogens with zero attached hydrogens (tertiary/aromatic N) is 2. The van der Waals surface area contributed by atoms with Gasteiger partial charge < -0.3 is 14.4 Å². The van der Waals surface area contributed by atoms with E-state index in [0.717, 1.165) is 22.1 Å². The zero-order chi connectivity index (χ0) is 20.1. The summed E-state index contributed by atoms with van der Waals surface area (Å²) in [6.45, 7) is 0.132. The highest BCUT2D eigenvalue weighted by atomic mass is 16.6. The Morgan fingerprint density at radius 2 is 1.79 bits per heavy atom. The second-order valence-corrected chi connectivity index (χ2v) is 6.31. The molecule has 0 unspecified atom stereocenters. The van der Waals surface area contributed by atoms with Crippen molar-refractivity contribution < 1.29 is 19.2 Å². The fraction of sp³-hybridized carbons (Fsp3) is 0.190. The van der Waals surface area contributed by atoms with E-state index in [1.54, 1.807) is 26.3 Å². The zero-order valence-corrected chi connectivity index (χ0v) is 15.6. The highest BCUT2D eigenvalue weighted by Crippen LogP contribution is 2.26. The van der Waals surface area contributed by atoms with Crippen LogP contribution in [0.2, 0.25) is 0 Å². The molecule has 3 aromatic carbocycles. The number of amides is 1. The zero-order valence-electron chi connectivity index (χ0n) is 15.6. The number of hydrogen-bond acceptors (Lipinski definition) is 5. The van der Waals surface area contributed by atoms with Crippen molar-refractivity contribution in [1.82, 2.24) is 4.90 Å². The largest absolute Gasteiger partial charge is 0.497 e. The highest BCUT2D eigenvalue weighted by Gasteiger charge is 2.16. The normalized spacial score (nSPS) is 10.5. The number of rotatable bonds is 7. The van der Waals surface area contributed by atoms with Crippen LogP contribution in [-0.2, 0) is 11.3 Å². The van der Waals surface area contributed by atoms with Gasteiger partial charge in [0.1, 0.15) is 5.75 Å². The van der Waals surface area contributed by atoms with E-state index in [-0.39, 0.29) is 24.0 Å². The van der Waals surface area contributed by atoms with E-state index >= 15 is 0 Å². The first-order chi connectivity index (χ1) is 13.5. The maximum Gasteiger partial charge on any atom is 0.310 e. The Balaban J connectivity index is 1.64. The third-order valence-electron chi connectivity index (χ3n) is 4.37. The molecule has 1 amide bonds. The molecular formula is C21H20N2O5. The molecule has 7 heteroatoms. The van der Waals surface area contributed by atoms with Crippen molar-refractivity contribution >= 4 is 22.4 Å². The summed E-state index contributed by atoms with van der Waals surface area (Å²) in [6.07, 6.45) is 0. The van der Waals surface area contributed by atoms with Gasteiger partial charge in [0.2, 0.25) is 0 Å². The lowest BCUT2D eigenvalue weighted by atomic mass is 10.1. The summed E-state index contributed by atoms with van der Waals surface area (Å²) in [5.41, 5.74) is 0.808. The SMILES string of the molecule is COc1ccc2cc(CN(C)C(=O)COc3ccccc3[N+](=O)[O-])ccc2c1. The van der Waals surface area contributed by atoms with E-state index in [1.807, 2.05) is 36.4 Å². The van der Waals surface area contributed by atoms with E-state index in [9.17, 15) is 14.9 Å². The lowest BCUT2D eigenvalue weighted by Gasteiger charge is -2.18. The van der Waals surface area contributed by atoms with Crippen molar-refractivity contribution in [1.29, 1.82) is 0 Å². The number of para-hydroxylation sites is 2. The van der Waals surface area contributed by atoms with Crippen LogP contribution in [0.15, 0.2) is 60.7 Å². The molecule has 0 aromatic heterocycles. The van der Waals surface area contributed by atoms with Gasteiger partial charge in [0.15, 0.2) is 12.4 Å². The minimum atomic E-state index is -0.534. The standard InChI is InChI=1S/C21H20N2O5/c1-22(21(24)14-28-20-6-4-3-5-19(20)23(25)26)13-15-7-8-17-12-18(27-2)10-9-16(17)11-15/h3-12H,13-14H2,1-2H3. The van der Waals surface area contributed by atoms with Crippen LogP contribution in [0.25, 0.3) is 10.8 Å². The summed E-state index contributed by atoms with van der Waals surface area (Å²) in [5.74, 6) is 0.599. The molecule has 0 radical (unpaired) electrons. The number of fused-ring (bicyclic) bond motifs is 1. The van der Waals surface area contributed by atoms with Crippen LogP contribution in [0.1, 0.15) is 5.56 Å². The van der Waals surface area contributed by atoms with Crippen molar-refractivity contribution in [2.24, 2.45) is 0 Å². The molecule has 0 saturated carbocycles. The van der Waals surface area contributed by atoms with Crippen molar-refractivity contribution in [3.63, 3.8) is 0 Å². The first-order valence-electron chi connectivity index (χ1n) is 8.65. The number of nitro benzene ring substituents is 1. The van der Waals surface area contributed by atoms with Crippen LogP contribution in [-0.4, -0.2) is 36.5 Å². The predicted octanol–water partition coefficient (Wildman–Crippen LogP) is 3.79. The van der Waals surface area contributed by atoms with Crippen molar-refractivity contribution in [3.05, 3.63) is 76.3 Å². The van der Waals surface area contributed by atoms with Gasteiger partial charge in [-0.1, -0.05) is 30.3 Å². The molecule has 0 fully saturated rings. The smallest absolute Gasteiger partial charge is 0.310 e. The summed E-state index contributed by atoms with van der Waals surface area (Å²) in [7, 11) is 3.30. The van der Waals surface area contributed by atoms with Crippen LogP contribution < -0.4 is 9.47 Å². The number of benzene rings is 3. The Morgan fingerprint density at radius 3 is 2.54 bits per heavy atom. The molecule has 3 aromatic rings. The van der Waals surface area contributed by atoms with E-state index in [2.05, 4.69) is 0 Å². The van der Waals surface area contributed by atoms with Crippen molar-refractivity contribution in [3.8, 4) is 11.5 Å². The van der Waals surface area contributed by atoms with Gasteiger partial charge in [-0.2, -0.15) is 0 Å². The van der Waals surface area contributed by atoms with E-state index in [4.69, 9.17) is 9.47 Å². The number of carbonyl (C=O) groups excluding carboxylic acids is 1. The van der Waals surface area contributed by atoms with E-state index in [1.165, 1.54) is 17.0 Å². The average molecular weight is 380 g/mol. The Labute approximate surface area is 162 Å². The number of ether oxygens (including phenoxy) is 2. The van der Waals surface area contributed by atoms with Gasteiger partial charge in [-0.05, 0) is 40.6 Å². The maximum absolute atomic E-state index is 12.4. The molecule has 0 N–H and O–H groups in total. The summed E-state index contributed by atoms with van der Waals surface area (Å²) in [5, 5.41) is 13.1. The van der Waals surface area contributed by atoms with Gasteiger partial charge in [-0.25, -0.2) is 0 Å². The number of hydrogen-bond donors (Lipinski definition) is 0. The Bertz CT molecular complexity index is 1020. The molecule has 0 heterocycles. The number of carbonyl (C=O) groups is 1. The summed E-state index contributed by atoms with van der Waals surface area (Å²) in [6, 6.07) is 17.8. The van der Waals surface area contributed by atoms with Crippen LogP contribution in [0.5, 0.6) is 11.5 Å². The van der Waals surface area contributed by atoms with Gasteiger partial charge in [0.05, 0.1) is 12.0 Å². The highest BCUT2D eigenvalue weighted by molar-refractivity contribution is 5.84. The van der Waals surface area contributed by atoms with Crippen molar-refractivity contribution in [2.45, 2.75) is 6.54 Å². The van der Waals surface area contributed by atoms with Gasteiger partial charge in [0.25, 0.3) is 5.91 Å². The number of nitro groups is 1. The van der Waals surface area contributed by atoms with Crippen LogP contribution in [0.4, 0.5) is 5.69 Å². The lowest BCUT2D eigenvalue weighted by Crippen LogP contribution is -2.31. The third-order valence-corrected chi connectivity index (χ3v) is 4.37. The molecule has 0 spiro atoms. The maximum atomic E-state index is 12.4. The lowest BCUT2D eigenvalue weighted by molar-refractivity contribution is -0.385. The molecule has 144 valence electrons. The minimum absolute atomic E-state index is 0.0777. The first kappa shape index (κ1) is 19.2. The number of likely N-dealkylation sites (N-methyl/N-ethyl adjacent to an activating group) is 1. The van der Waals surface area contributed by atoms with Crippen LogP contribution >= 0.6 is 0 Å². The van der Waals surface area contributed by atoms with Crippen LogP contribution in [0, 0.1) is 10.1 Å². The molecule has 0 atom stereocenters. The molecule has 0 aliphatic heterocycles. The Hall–Kier alpha value is -3.61. The molecular weight excluding hydrogens is 360 g/mol. The summed E-state index contributed by atoms with van der Waals surface area (Å²) < 4.78 is 10.6. The molecule has 3 rings (SSSR count). The quantitative estimate of drug-likeness (QED) is 0.460. The van der Waals surface area contributed by atoms with E-state index in [0.29, 0.717) is 6.54 Å². The second-order valence-electron chi connectivity index (χ2n) is 6.31. The Kier molecular flexibility index (Phi) is 5.74. The fourth-order valence-electron chi connectivity index (χ4n) is 2.84. The molecule has 28 heavy (non-hydrogen) atoms. The number of methoxy groups -OCH3 is 1. The van der Waals surface area contributed by atoms with E-state index < -0.39 is 4.92 Å². The van der Waals surface area contributed by atoms with Crippen molar-refractivity contribution in [2.75, 3.05) is 20.8 Å². The predicted molar refractivity (Wildman–Crippen MR) is 106 cm³/mol. The second kappa shape index (κ2) is 8.39. The Morgan fingerprint density at radius 1 is 1.07 bits per heavy atom. The first-order valence-corrected chi connectivity index (χ1v) is 8.65. The van der Waals surface area contributed by atoms with Gasteiger partial charge in [-0.15, -0.1) is 0 Å². The van der Waals surface area contributed by atoms with Gasteiger partial charge in [-0.3, -0.25) is 14.9 Å². The van der Waals surface area contributed by atoms with Gasteiger partial charge in [0, 0.05) is 19.7 Å². The topological polar surface area (TPSA) is 81.9 Å². The third kappa shape index (κ3) is 4.37. The molecule has 0 saturated heterocycles. The summed E-state index contributed by atoms with van der Waals surface area (Å²) >= 11 is 0. The molecule has 0 bridgehead atoms. The average Bonchev–Trinajstić information content (AvgIpc) is 2.71. The molecule has 0 aliphatic carbocycles.